The molecule has 1 fully saturated rings. The fourth-order valence-corrected chi connectivity index (χ4v) is 4.77. The molecule has 0 unspecified atom stereocenters. The van der Waals surface area contributed by atoms with Crippen molar-refractivity contribution in [2.45, 2.75) is 19.4 Å². The molecule has 2 aliphatic heterocycles. The van der Waals surface area contributed by atoms with Gasteiger partial charge in [-0.15, -0.1) is 0 Å². The first-order chi connectivity index (χ1) is 11.1. The summed E-state index contributed by atoms with van der Waals surface area (Å²) in [4.78, 5) is 6.57. The van der Waals surface area contributed by atoms with Crippen molar-refractivity contribution < 1.29 is 8.42 Å². The molecular weight excluding hydrogens is 312 g/mol. The van der Waals surface area contributed by atoms with E-state index in [2.05, 4.69) is 39.5 Å². The number of nitrogens with zero attached hydrogens (tertiary/aromatic N) is 3. The summed E-state index contributed by atoms with van der Waals surface area (Å²) in [5, 5.41) is 3.30. The largest absolute Gasteiger partial charge is 0.355 e. The lowest BCUT2D eigenvalue weighted by atomic mass is 10.0. The first-order valence-electron chi connectivity index (χ1n) is 8.10. The average molecular weight is 336 g/mol. The third-order valence-corrected chi connectivity index (χ3v) is 6.45. The molecule has 6 nitrogen and oxygen atoms in total. The molecule has 1 saturated heterocycles. The van der Waals surface area contributed by atoms with Gasteiger partial charge in [0.2, 0.25) is 10.0 Å². The molecule has 0 saturated carbocycles. The number of nitrogens with one attached hydrogen (secondary N) is 1. The van der Waals surface area contributed by atoms with Crippen molar-refractivity contribution in [3.05, 3.63) is 35.4 Å². The van der Waals surface area contributed by atoms with Crippen LogP contribution >= 0.6 is 0 Å². The Kier molecular flexibility index (Phi) is 4.87. The van der Waals surface area contributed by atoms with Crippen LogP contribution in [0, 0.1) is 0 Å². The van der Waals surface area contributed by atoms with Crippen LogP contribution in [-0.2, 0) is 23.0 Å². The minimum absolute atomic E-state index is 0.282. The molecule has 23 heavy (non-hydrogen) atoms. The second kappa shape index (κ2) is 6.88. The smallest absolute Gasteiger partial charge is 0.214 e. The molecule has 0 spiro atoms. The van der Waals surface area contributed by atoms with E-state index in [9.17, 15) is 8.42 Å². The maximum atomic E-state index is 11.8. The molecule has 1 aromatic carbocycles. The number of fused-ring (bicyclic) bond motifs is 1. The maximum absolute atomic E-state index is 11.8. The summed E-state index contributed by atoms with van der Waals surface area (Å²) < 4.78 is 25.2. The van der Waals surface area contributed by atoms with Gasteiger partial charge in [-0.25, -0.2) is 12.7 Å². The summed E-state index contributed by atoms with van der Waals surface area (Å²) in [7, 11) is -1.24. The molecule has 7 heteroatoms. The summed E-state index contributed by atoms with van der Waals surface area (Å²) in [6, 6.07) is 8.49. The van der Waals surface area contributed by atoms with E-state index >= 15 is 0 Å². The molecule has 0 bridgehead atoms. The fourth-order valence-electron chi connectivity index (χ4n) is 3.24. The monoisotopic (exact) mass is 336 g/mol. The maximum Gasteiger partial charge on any atom is 0.214 e. The molecule has 126 valence electrons. The second-order valence-corrected chi connectivity index (χ2v) is 8.07. The zero-order valence-electron chi connectivity index (χ0n) is 13.5. The van der Waals surface area contributed by atoms with E-state index in [4.69, 9.17) is 0 Å². The molecule has 0 atom stereocenters. The van der Waals surface area contributed by atoms with Crippen LogP contribution in [0.4, 0.5) is 0 Å². The molecule has 2 aliphatic rings. The Morgan fingerprint density at radius 3 is 2.74 bits per heavy atom. The summed E-state index contributed by atoms with van der Waals surface area (Å²) in [5.74, 6) is 1.13. The van der Waals surface area contributed by atoms with E-state index in [1.54, 1.807) is 11.4 Å². The normalized spacial score (nSPS) is 21.3. The topological polar surface area (TPSA) is 65.0 Å². The van der Waals surface area contributed by atoms with Gasteiger partial charge in [-0.3, -0.25) is 4.99 Å². The molecule has 1 N–H and O–H groups in total. The molecule has 0 aromatic heterocycles. The zero-order valence-corrected chi connectivity index (χ0v) is 14.3. The van der Waals surface area contributed by atoms with E-state index in [-0.39, 0.29) is 5.75 Å². The van der Waals surface area contributed by atoms with Crippen LogP contribution in [-0.4, -0.2) is 62.6 Å². The minimum atomic E-state index is -3.02. The number of sulfonamides is 1. The van der Waals surface area contributed by atoms with E-state index in [0.717, 1.165) is 31.9 Å². The van der Waals surface area contributed by atoms with Crippen molar-refractivity contribution in [2.24, 2.45) is 4.99 Å². The first-order valence-corrected chi connectivity index (χ1v) is 9.71. The Labute approximate surface area is 138 Å². The van der Waals surface area contributed by atoms with Crippen LogP contribution in [0.3, 0.4) is 0 Å². The number of hydrogen-bond acceptors (Lipinski definition) is 3. The summed E-state index contributed by atoms with van der Waals surface area (Å²) in [5.41, 5.74) is 2.74. The van der Waals surface area contributed by atoms with Gasteiger partial charge in [-0.2, -0.15) is 0 Å². The van der Waals surface area contributed by atoms with Crippen molar-refractivity contribution in [3.8, 4) is 0 Å². The molecule has 3 rings (SSSR count). The van der Waals surface area contributed by atoms with Gasteiger partial charge < -0.3 is 10.2 Å². The Morgan fingerprint density at radius 1 is 1.26 bits per heavy atom. The number of aliphatic imine (C=N–C) groups is 1. The number of benzene rings is 1. The van der Waals surface area contributed by atoms with E-state index in [1.807, 2.05) is 0 Å². The van der Waals surface area contributed by atoms with Gasteiger partial charge in [0.05, 0.1) is 5.75 Å². The van der Waals surface area contributed by atoms with Crippen LogP contribution in [0.5, 0.6) is 0 Å². The predicted octanol–water partition coefficient (Wildman–Crippen LogP) is 0.656. The van der Waals surface area contributed by atoms with Crippen molar-refractivity contribution in [3.63, 3.8) is 0 Å². The summed E-state index contributed by atoms with van der Waals surface area (Å²) >= 11 is 0. The van der Waals surface area contributed by atoms with Crippen LogP contribution < -0.4 is 5.32 Å². The predicted molar refractivity (Wildman–Crippen MR) is 91.9 cm³/mol. The SMILES string of the molecule is CN=C(NCCN1CCCS1(=O)=O)N1CCc2ccccc2C1. The molecular formula is C16H24N4O2S. The summed E-state index contributed by atoms with van der Waals surface area (Å²) in [6.45, 7) is 3.51. The zero-order chi connectivity index (χ0) is 16.3. The van der Waals surface area contributed by atoms with Crippen molar-refractivity contribution in [2.75, 3.05) is 39.0 Å². The van der Waals surface area contributed by atoms with E-state index in [0.29, 0.717) is 19.6 Å². The minimum Gasteiger partial charge on any atom is -0.355 e. The number of hydrogen-bond donors (Lipinski definition) is 1. The quantitative estimate of drug-likeness (QED) is 0.650. The van der Waals surface area contributed by atoms with E-state index in [1.165, 1.54) is 11.1 Å². The van der Waals surface area contributed by atoms with Gasteiger partial charge in [0, 0.05) is 39.8 Å². The van der Waals surface area contributed by atoms with Crippen molar-refractivity contribution >= 4 is 16.0 Å². The Balaban J connectivity index is 1.55. The standard InChI is InChI=1S/C16H24N4O2S/c1-17-16(18-8-11-20-9-4-12-23(20,21)22)19-10-7-14-5-2-3-6-15(14)13-19/h2-3,5-6H,4,7-13H2,1H3,(H,17,18). The van der Waals surface area contributed by atoms with Crippen LogP contribution in [0.2, 0.25) is 0 Å². The highest BCUT2D eigenvalue weighted by Gasteiger charge is 2.27. The van der Waals surface area contributed by atoms with Crippen LogP contribution in [0.25, 0.3) is 0 Å². The highest BCUT2D eigenvalue weighted by atomic mass is 32.2. The van der Waals surface area contributed by atoms with Gasteiger partial charge in [0.15, 0.2) is 5.96 Å². The van der Waals surface area contributed by atoms with Gasteiger partial charge in [-0.05, 0) is 24.0 Å². The molecule has 2 heterocycles. The molecule has 0 aliphatic carbocycles. The Hall–Kier alpha value is -1.60. The van der Waals surface area contributed by atoms with Crippen LogP contribution in [0.1, 0.15) is 17.5 Å². The highest BCUT2D eigenvalue weighted by molar-refractivity contribution is 7.89. The fraction of sp³-hybridized carbons (Fsp3) is 0.562. The lowest BCUT2D eigenvalue weighted by Gasteiger charge is -2.31. The first kappa shape index (κ1) is 16.3. The van der Waals surface area contributed by atoms with Gasteiger partial charge in [0.1, 0.15) is 0 Å². The lowest BCUT2D eigenvalue weighted by Crippen LogP contribution is -2.46. The molecule has 0 amide bonds. The Bertz CT molecular complexity index is 687. The number of guanidine groups is 1. The van der Waals surface area contributed by atoms with E-state index < -0.39 is 10.0 Å². The number of rotatable bonds is 3. The third-order valence-electron chi connectivity index (χ3n) is 4.49. The van der Waals surface area contributed by atoms with Gasteiger partial charge in [0.25, 0.3) is 0 Å². The second-order valence-electron chi connectivity index (χ2n) is 5.98. The van der Waals surface area contributed by atoms with Crippen molar-refractivity contribution in [1.29, 1.82) is 0 Å². The third kappa shape index (κ3) is 3.67. The van der Waals surface area contributed by atoms with Gasteiger partial charge in [-0.1, -0.05) is 24.3 Å². The lowest BCUT2D eigenvalue weighted by molar-refractivity contribution is 0.374. The van der Waals surface area contributed by atoms with Crippen LogP contribution in [0.15, 0.2) is 29.3 Å². The van der Waals surface area contributed by atoms with Gasteiger partial charge >= 0.3 is 0 Å². The van der Waals surface area contributed by atoms with Crippen molar-refractivity contribution in [1.82, 2.24) is 14.5 Å². The molecule has 1 aromatic rings. The summed E-state index contributed by atoms with van der Waals surface area (Å²) in [6.07, 6.45) is 1.75. The molecule has 0 radical (unpaired) electrons. The highest BCUT2D eigenvalue weighted by Crippen LogP contribution is 2.18. The Morgan fingerprint density at radius 2 is 2.04 bits per heavy atom. The average Bonchev–Trinajstić information content (AvgIpc) is 2.90.